The molecule has 0 aliphatic carbocycles. The van der Waals surface area contributed by atoms with Gasteiger partial charge in [0.25, 0.3) is 0 Å². The van der Waals surface area contributed by atoms with Crippen LogP contribution < -0.4 is 5.32 Å². The van der Waals surface area contributed by atoms with Crippen LogP contribution in [0.5, 0.6) is 0 Å². The fraction of sp³-hybridized carbons (Fsp3) is 0.200. The number of hydrogen-bond acceptors (Lipinski definition) is 6. The molecular formula is C15H14N4O3. The maximum absolute atomic E-state index is 11.9. The maximum Gasteiger partial charge on any atom is 0.238 e. The first kappa shape index (κ1) is 14.0. The molecule has 7 heteroatoms. The highest BCUT2D eigenvalue weighted by Crippen LogP contribution is 2.16. The molecule has 3 rings (SSSR count). The van der Waals surface area contributed by atoms with E-state index in [1.165, 1.54) is 6.26 Å². The Hall–Kier alpha value is -2.96. The van der Waals surface area contributed by atoms with Gasteiger partial charge in [-0.1, -0.05) is 5.16 Å². The predicted octanol–water partition coefficient (Wildman–Crippen LogP) is 2.60. The number of pyridine rings is 1. The average molecular weight is 298 g/mol. The van der Waals surface area contributed by atoms with E-state index in [2.05, 4.69) is 20.4 Å². The summed E-state index contributed by atoms with van der Waals surface area (Å²) in [5.41, 5.74) is 1.03. The van der Waals surface area contributed by atoms with Gasteiger partial charge in [0.2, 0.25) is 17.6 Å². The van der Waals surface area contributed by atoms with Crippen molar-refractivity contribution in [3.63, 3.8) is 0 Å². The van der Waals surface area contributed by atoms with E-state index >= 15 is 0 Å². The number of carbonyl (C=O) groups is 1. The number of aryl methyl sites for hydroxylation is 2. The molecular weight excluding hydrogens is 284 g/mol. The Morgan fingerprint density at radius 2 is 2.27 bits per heavy atom. The van der Waals surface area contributed by atoms with Gasteiger partial charge in [-0.05, 0) is 36.8 Å². The van der Waals surface area contributed by atoms with Crippen molar-refractivity contribution in [3.05, 3.63) is 48.2 Å². The normalized spacial score (nSPS) is 10.6. The molecule has 0 aromatic carbocycles. The minimum absolute atomic E-state index is 0.157. The number of aromatic nitrogens is 3. The van der Waals surface area contributed by atoms with Gasteiger partial charge in [-0.3, -0.25) is 4.79 Å². The smallest absolute Gasteiger partial charge is 0.238 e. The van der Waals surface area contributed by atoms with Crippen LogP contribution in [-0.4, -0.2) is 21.0 Å². The lowest BCUT2D eigenvalue weighted by Gasteiger charge is -2.03. The van der Waals surface area contributed by atoms with Crippen LogP contribution in [-0.2, 0) is 11.2 Å². The molecule has 1 amide bonds. The van der Waals surface area contributed by atoms with Gasteiger partial charge in [-0.25, -0.2) is 4.98 Å². The van der Waals surface area contributed by atoms with Crippen LogP contribution in [0.2, 0.25) is 0 Å². The molecule has 3 aromatic heterocycles. The Morgan fingerprint density at radius 1 is 1.36 bits per heavy atom. The first-order chi connectivity index (χ1) is 10.7. The molecule has 0 bridgehead atoms. The molecule has 0 saturated heterocycles. The molecule has 7 nitrogen and oxygen atoms in total. The standard InChI is InChI=1S/C15H14N4O3/c1-10-6-7-16-12(9-10)17-13(20)4-5-14-18-15(19-22-14)11-3-2-8-21-11/h2-3,6-9H,4-5H2,1H3,(H,16,17,20). The van der Waals surface area contributed by atoms with Crippen molar-refractivity contribution in [1.82, 2.24) is 15.1 Å². The van der Waals surface area contributed by atoms with Crippen LogP contribution in [0.25, 0.3) is 11.6 Å². The zero-order valence-corrected chi connectivity index (χ0v) is 11.9. The van der Waals surface area contributed by atoms with Crippen molar-refractivity contribution in [2.45, 2.75) is 19.8 Å². The van der Waals surface area contributed by atoms with Gasteiger partial charge in [-0.2, -0.15) is 4.98 Å². The summed E-state index contributed by atoms with van der Waals surface area (Å²) in [5, 5.41) is 6.54. The van der Waals surface area contributed by atoms with Crippen LogP contribution >= 0.6 is 0 Å². The lowest BCUT2D eigenvalue weighted by Crippen LogP contribution is -2.13. The average Bonchev–Trinajstić information content (AvgIpc) is 3.16. The lowest BCUT2D eigenvalue weighted by atomic mass is 10.2. The van der Waals surface area contributed by atoms with Crippen LogP contribution in [0, 0.1) is 6.92 Å². The Balaban J connectivity index is 1.55. The monoisotopic (exact) mass is 298 g/mol. The Kier molecular flexibility index (Phi) is 3.95. The van der Waals surface area contributed by atoms with Gasteiger partial charge < -0.3 is 14.3 Å². The molecule has 1 N–H and O–H groups in total. The quantitative estimate of drug-likeness (QED) is 0.778. The van der Waals surface area contributed by atoms with Crippen LogP contribution in [0.1, 0.15) is 17.9 Å². The summed E-state index contributed by atoms with van der Waals surface area (Å²) in [6.45, 7) is 1.94. The van der Waals surface area contributed by atoms with E-state index in [0.717, 1.165) is 5.56 Å². The number of hydrogen-bond donors (Lipinski definition) is 1. The molecule has 22 heavy (non-hydrogen) atoms. The summed E-state index contributed by atoms with van der Waals surface area (Å²) in [6.07, 6.45) is 3.77. The fourth-order valence-electron chi connectivity index (χ4n) is 1.89. The summed E-state index contributed by atoms with van der Waals surface area (Å²) in [4.78, 5) is 20.1. The molecule has 0 aliphatic rings. The van der Waals surface area contributed by atoms with Crippen molar-refractivity contribution in [1.29, 1.82) is 0 Å². The first-order valence-electron chi connectivity index (χ1n) is 6.80. The van der Waals surface area contributed by atoms with E-state index in [1.54, 1.807) is 24.4 Å². The largest absolute Gasteiger partial charge is 0.461 e. The van der Waals surface area contributed by atoms with Crippen molar-refractivity contribution >= 4 is 11.7 Å². The minimum atomic E-state index is -0.157. The highest BCUT2D eigenvalue weighted by Gasteiger charge is 2.12. The second-order valence-corrected chi connectivity index (χ2v) is 4.76. The summed E-state index contributed by atoms with van der Waals surface area (Å²) in [5.74, 6) is 1.67. The van der Waals surface area contributed by atoms with Gasteiger partial charge in [0.15, 0.2) is 5.76 Å². The van der Waals surface area contributed by atoms with Gasteiger partial charge in [-0.15, -0.1) is 0 Å². The first-order valence-corrected chi connectivity index (χ1v) is 6.80. The van der Waals surface area contributed by atoms with Crippen LogP contribution in [0.4, 0.5) is 5.82 Å². The second-order valence-electron chi connectivity index (χ2n) is 4.76. The molecule has 0 radical (unpaired) electrons. The number of anilines is 1. The van der Waals surface area contributed by atoms with Gasteiger partial charge in [0.05, 0.1) is 6.26 Å². The van der Waals surface area contributed by atoms with Gasteiger partial charge in [0, 0.05) is 19.0 Å². The van der Waals surface area contributed by atoms with E-state index < -0.39 is 0 Å². The number of nitrogens with one attached hydrogen (secondary N) is 1. The summed E-state index contributed by atoms with van der Waals surface area (Å²) >= 11 is 0. The highest BCUT2D eigenvalue weighted by molar-refractivity contribution is 5.89. The predicted molar refractivity (Wildman–Crippen MR) is 77.9 cm³/mol. The number of carbonyl (C=O) groups excluding carboxylic acids is 1. The number of furan rings is 1. The molecule has 3 heterocycles. The van der Waals surface area contributed by atoms with E-state index in [-0.39, 0.29) is 12.3 Å². The lowest BCUT2D eigenvalue weighted by molar-refractivity contribution is -0.116. The molecule has 0 spiro atoms. The van der Waals surface area contributed by atoms with E-state index in [9.17, 15) is 4.79 Å². The van der Waals surface area contributed by atoms with Crippen molar-refractivity contribution in [2.75, 3.05) is 5.32 Å². The van der Waals surface area contributed by atoms with Crippen molar-refractivity contribution in [3.8, 4) is 11.6 Å². The zero-order valence-electron chi connectivity index (χ0n) is 11.9. The maximum atomic E-state index is 11.9. The topological polar surface area (TPSA) is 94.1 Å². The SMILES string of the molecule is Cc1ccnc(NC(=O)CCc2nc(-c3ccco3)no2)c1. The number of rotatable bonds is 5. The second kappa shape index (κ2) is 6.21. The van der Waals surface area contributed by atoms with E-state index in [4.69, 9.17) is 8.94 Å². The Labute approximate surface area is 126 Å². The van der Waals surface area contributed by atoms with E-state index in [1.807, 2.05) is 13.0 Å². The van der Waals surface area contributed by atoms with Crippen molar-refractivity contribution < 1.29 is 13.7 Å². The Morgan fingerprint density at radius 3 is 3.05 bits per heavy atom. The number of amides is 1. The molecule has 0 atom stereocenters. The zero-order chi connectivity index (χ0) is 15.4. The van der Waals surface area contributed by atoms with Crippen LogP contribution in [0.3, 0.4) is 0 Å². The fourth-order valence-corrected chi connectivity index (χ4v) is 1.89. The molecule has 112 valence electrons. The third-order valence-electron chi connectivity index (χ3n) is 2.96. The minimum Gasteiger partial charge on any atom is -0.461 e. The molecule has 0 unspecified atom stereocenters. The number of nitrogens with zero attached hydrogens (tertiary/aromatic N) is 3. The summed E-state index contributed by atoms with van der Waals surface area (Å²) in [7, 11) is 0. The molecule has 0 fully saturated rings. The third-order valence-corrected chi connectivity index (χ3v) is 2.96. The van der Waals surface area contributed by atoms with Crippen LogP contribution in [0.15, 0.2) is 45.7 Å². The van der Waals surface area contributed by atoms with Gasteiger partial charge in [0.1, 0.15) is 5.82 Å². The van der Waals surface area contributed by atoms with Crippen molar-refractivity contribution in [2.24, 2.45) is 0 Å². The molecule has 3 aromatic rings. The summed E-state index contributed by atoms with van der Waals surface area (Å²) in [6, 6.07) is 7.16. The Bertz CT molecular complexity index is 765. The third kappa shape index (κ3) is 3.38. The molecule has 0 saturated carbocycles. The molecule has 0 aliphatic heterocycles. The van der Waals surface area contributed by atoms with E-state index in [0.29, 0.717) is 29.7 Å². The van der Waals surface area contributed by atoms with Gasteiger partial charge >= 0.3 is 0 Å². The summed E-state index contributed by atoms with van der Waals surface area (Å²) < 4.78 is 10.3. The highest BCUT2D eigenvalue weighted by atomic mass is 16.5.